The van der Waals surface area contributed by atoms with Crippen molar-refractivity contribution in [2.24, 2.45) is 7.05 Å². The minimum absolute atomic E-state index is 0.00526. The van der Waals surface area contributed by atoms with Gasteiger partial charge in [-0.1, -0.05) is 0 Å². The molecule has 2 heterocycles. The number of halogens is 1. The summed E-state index contributed by atoms with van der Waals surface area (Å²) in [7, 11) is 5.13. The van der Waals surface area contributed by atoms with E-state index in [0.29, 0.717) is 24.5 Å². The lowest BCUT2D eigenvalue weighted by molar-refractivity contribution is -0.132. The third-order valence-corrected chi connectivity index (χ3v) is 5.85. The van der Waals surface area contributed by atoms with E-state index < -0.39 is 0 Å². The Kier molecular flexibility index (Phi) is 6.93. The topological polar surface area (TPSA) is 74.5 Å². The van der Waals surface area contributed by atoms with Crippen LogP contribution >= 0.6 is 0 Å². The number of anilines is 2. The van der Waals surface area contributed by atoms with Gasteiger partial charge in [-0.3, -0.25) is 9.67 Å². The molecule has 0 aliphatic heterocycles. The van der Waals surface area contributed by atoms with Gasteiger partial charge in [0.25, 0.3) is 0 Å². The average Bonchev–Trinajstić information content (AvgIpc) is 3.11. The Morgan fingerprint density at radius 1 is 0.971 bits per heavy atom. The van der Waals surface area contributed by atoms with Crippen LogP contribution in [-0.4, -0.2) is 47.1 Å². The number of hydrogen-bond acceptors (Lipinski definition) is 7. The van der Waals surface area contributed by atoms with Gasteiger partial charge in [0, 0.05) is 54.4 Å². The number of aryl methyl sites for hydroxylation is 2. The lowest BCUT2D eigenvalue weighted by Gasteiger charge is -2.26. The summed E-state index contributed by atoms with van der Waals surface area (Å²) in [5, 5.41) is 4.50. The molecule has 0 saturated carbocycles. The average molecular weight is 466 g/mol. The molecule has 4 aromatic rings. The van der Waals surface area contributed by atoms with Gasteiger partial charge in [0.1, 0.15) is 11.5 Å². The highest BCUT2D eigenvalue weighted by Crippen LogP contribution is 2.34. The zero-order valence-corrected chi connectivity index (χ0v) is 20.0. The first-order chi connectivity index (χ1) is 16.4. The highest BCUT2D eigenvalue weighted by molar-refractivity contribution is 5.83. The van der Waals surface area contributed by atoms with E-state index in [1.165, 1.54) is 0 Å². The van der Waals surface area contributed by atoms with Crippen molar-refractivity contribution in [3.05, 3.63) is 54.0 Å². The smallest absolute Gasteiger partial charge is 0.124 e. The Hall–Kier alpha value is -3.72. The molecule has 0 aliphatic carbocycles. The summed E-state index contributed by atoms with van der Waals surface area (Å²) in [6, 6.07) is 11.5. The second kappa shape index (κ2) is 10.0. The molecule has 0 amide bonds. The van der Waals surface area contributed by atoms with E-state index in [-0.39, 0.29) is 6.61 Å². The summed E-state index contributed by atoms with van der Waals surface area (Å²) >= 11 is 0. The molecule has 0 radical (unpaired) electrons. The molecule has 0 bridgehead atoms. The second-order valence-electron chi connectivity index (χ2n) is 7.99. The molecule has 2 aromatic heterocycles. The van der Waals surface area contributed by atoms with Crippen LogP contribution in [0.25, 0.3) is 22.3 Å². The van der Waals surface area contributed by atoms with Gasteiger partial charge in [0.2, 0.25) is 0 Å². The minimum atomic E-state index is -0.00526. The Balaban J connectivity index is 1.80. The molecule has 4 rings (SSSR count). The molecular weight excluding hydrogens is 437 g/mol. The fourth-order valence-electron chi connectivity index (χ4n) is 4.07. The molecular formula is C25H28FN5O3. The first-order valence-electron chi connectivity index (χ1n) is 11.0. The summed E-state index contributed by atoms with van der Waals surface area (Å²) in [6.07, 6.45) is 2.26. The van der Waals surface area contributed by atoms with Crippen LogP contribution in [0.5, 0.6) is 11.5 Å². The summed E-state index contributed by atoms with van der Waals surface area (Å²) in [4.78, 5) is 15.4. The van der Waals surface area contributed by atoms with Crippen molar-refractivity contribution < 1.29 is 18.9 Å². The summed E-state index contributed by atoms with van der Waals surface area (Å²) in [5.74, 6) is 1.32. The lowest BCUT2D eigenvalue weighted by Crippen LogP contribution is -2.19. The molecule has 0 N–H and O–H groups in total. The number of nitrogens with zero attached hydrogens (tertiary/aromatic N) is 5. The van der Waals surface area contributed by atoms with Gasteiger partial charge in [-0.25, -0.2) is 4.98 Å². The fourth-order valence-corrected chi connectivity index (χ4v) is 4.07. The van der Waals surface area contributed by atoms with Crippen LogP contribution < -0.4 is 14.4 Å². The van der Waals surface area contributed by atoms with E-state index >= 15 is 0 Å². The third-order valence-electron chi connectivity index (χ3n) is 5.85. The normalized spacial score (nSPS) is 11.1. The number of hydrogen-bond donors (Lipinski definition) is 0. The molecule has 0 fully saturated rings. The predicted molar refractivity (Wildman–Crippen MR) is 129 cm³/mol. The van der Waals surface area contributed by atoms with Gasteiger partial charge in [0.15, 0.2) is 0 Å². The van der Waals surface area contributed by atoms with Gasteiger partial charge < -0.3 is 14.4 Å². The van der Waals surface area contributed by atoms with E-state index in [0.717, 1.165) is 45.1 Å². The first-order valence-corrected chi connectivity index (χ1v) is 11.0. The number of methoxy groups -OCH3 is 2. The highest BCUT2D eigenvalue weighted by atomic mass is 19.3. The maximum absolute atomic E-state index is 12.4. The van der Waals surface area contributed by atoms with Crippen molar-refractivity contribution in [2.75, 3.05) is 32.3 Å². The molecule has 0 atom stereocenters. The molecule has 34 heavy (non-hydrogen) atoms. The third kappa shape index (κ3) is 4.65. The Morgan fingerprint density at radius 3 is 2.32 bits per heavy atom. The summed E-state index contributed by atoms with van der Waals surface area (Å²) in [5.41, 5.74) is 6.94. The van der Waals surface area contributed by atoms with E-state index in [9.17, 15) is 4.53 Å². The van der Waals surface area contributed by atoms with Crippen molar-refractivity contribution in [1.82, 2.24) is 19.7 Å². The van der Waals surface area contributed by atoms with E-state index in [1.54, 1.807) is 20.4 Å². The van der Waals surface area contributed by atoms with Crippen LogP contribution in [-0.2, 0) is 12.0 Å². The lowest BCUT2D eigenvalue weighted by atomic mass is 10.1. The molecule has 9 heteroatoms. The van der Waals surface area contributed by atoms with Crippen LogP contribution in [0.3, 0.4) is 0 Å². The number of rotatable bonds is 9. The van der Waals surface area contributed by atoms with E-state index in [2.05, 4.69) is 19.9 Å². The van der Waals surface area contributed by atoms with Crippen LogP contribution in [0, 0.1) is 13.8 Å². The van der Waals surface area contributed by atoms with Gasteiger partial charge in [-0.05, 0) is 43.0 Å². The first kappa shape index (κ1) is 23.4. The van der Waals surface area contributed by atoms with Gasteiger partial charge in [-0.15, -0.1) is 0 Å². The SMILES string of the molecule is COc1cc(OC)cc(N(CCCOF)c2ccc3ncc(-c4c(C)nn(C)c4C)nc3c2)c1. The molecule has 2 aromatic carbocycles. The van der Waals surface area contributed by atoms with Crippen molar-refractivity contribution >= 4 is 22.4 Å². The molecule has 0 aliphatic rings. The summed E-state index contributed by atoms with van der Waals surface area (Å²) < 4.78 is 25.1. The van der Waals surface area contributed by atoms with Crippen LogP contribution in [0.4, 0.5) is 15.9 Å². The van der Waals surface area contributed by atoms with Gasteiger partial charge >= 0.3 is 0 Å². The van der Waals surface area contributed by atoms with Crippen LogP contribution in [0.2, 0.25) is 0 Å². The largest absolute Gasteiger partial charge is 0.497 e. The minimum Gasteiger partial charge on any atom is -0.497 e. The van der Waals surface area contributed by atoms with Crippen molar-refractivity contribution in [2.45, 2.75) is 20.3 Å². The number of fused-ring (bicyclic) bond motifs is 1. The van der Waals surface area contributed by atoms with Crippen molar-refractivity contribution in [1.29, 1.82) is 0 Å². The maximum Gasteiger partial charge on any atom is 0.124 e. The standard InChI is InChI=1S/C25H28FN5O3/c1-16-25(17(2)30(3)29-16)24-15-27-22-8-7-18(13-23(22)28-24)31(9-6-10-34-26)19-11-20(32-4)14-21(12-19)33-5/h7-8,11-15H,6,9-10H2,1-5H3. The molecule has 0 unspecified atom stereocenters. The Bertz CT molecular complexity index is 1290. The quantitative estimate of drug-likeness (QED) is 0.319. The molecule has 0 spiro atoms. The number of ether oxygens (including phenoxy) is 2. The second-order valence-corrected chi connectivity index (χ2v) is 7.99. The van der Waals surface area contributed by atoms with E-state index in [1.807, 2.05) is 62.0 Å². The molecule has 178 valence electrons. The van der Waals surface area contributed by atoms with Crippen molar-refractivity contribution in [3.8, 4) is 22.8 Å². The van der Waals surface area contributed by atoms with Crippen LogP contribution in [0.1, 0.15) is 17.8 Å². The van der Waals surface area contributed by atoms with Crippen molar-refractivity contribution in [3.63, 3.8) is 0 Å². The number of aromatic nitrogens is 4. The summed E-state index contributed by atoms with van der Waals surface area (Å²) in [6.45, 7) is 4.49. The predicted octanol–water partition coefficient (Wildman–Crippen LogP) is 5.09. The zero-order valence-electron chi connectivity index (χ0n) is 20.0. The molecule has 8 nitrogen and oxygen atoms in total. The Morgan fingerprint density at radius 2 is 1.71 bits per heavy atom. The van der Waals surface area contributed by atoms with Gasteiger partial charge in [0.05, 0.1) is 49.4 Å². The fraction of sp³-hybridized carbons (Fsp3) is 0.320. The monoisotopic (exact) mass is 465 g/mol. The molecule has 0 saturated heterocycles. The van der Waals surface area contributed by atoms with E-state index in [4.69, 9.17) is 14.5 Å². The number of benzene rings is 2. The maximum atomic E-state index is 12.4. The zero-order chi connectivity index (χ0) is 24.2. The van der Waals surface area contributed by atoms with Gasteiger partial charge in [-0.2, -0.15) is 10.0 Å². The van der Waals surface area contributed by atoms with Crippen LogP contribution in [0.15, 0.2) is 42.6 Å². The Labute approximate surface area is 197 Å². The highest BCUT2D eigenvalue weighted by Gasteiger charge is 2.16.